The summed E-state index contributed by atoms with van der Waals surface area (Å²) in [4.78, 5) is 35.9. The predicted octanol–water partition coefficient (Wildman–Crippen LogP) is 4.44. The van der Waals surface area contributed by atoms with Crippen LogP contribution in [0.15, 0.2) is 72.8 Å². The average Bonchev–Trinajstić information content (AvgIpc) is 3.08. The highest BCUT2D eigenvalue weighted by Gasteiger charge is 2.46. The number of aliphatic hydroxyl groups is 1. The fourth-order valence-corrected chi connectivity index (χ4v) is 4.02. The Morgan fingerprint density at radius 1 is 1.09 bits per heavy atom. The molecule has 3 aromatic rings. The molecule has 0 radical (unpaired) electrons. The summed E-state index contributed by atoms with van der Waals surface area (Å²) in [6.07, 6.45) is 6.51. The number of Topliss-reactive ketones (excluding diaryl/α,β-unsaturated/α-hetero) is 1. The standard InChI is InChI=1S/C27H27N3O4/c1-17(2)16-34-21-6-7-22(18(3)13-21)25(31)23-24(20-8-11-28-12-9-20)30(27(33)26(23)32)15-19-5-4-10-29-14-19/h4-14,17,24,31H,15-16H2,1-3H3/b25-23+/t24-/m1/s1. The molecule has 1 aliphatic rings. The number of nitrogens with zero attached hydrogens (tertiary/aromatic N) is 3. The third kappa shape index (κ3) is 4.69. The molecule has 7 nitrogen and oxygen atoms in total. The molecular formula is C27H27N3O4. The Kier molecular flexibility index (Phi) is 6.72. The molecule has 0 saturated carbocycles. The lowest BCUT2D eigenvalue weighted by Gasteiger charge is -2.25. The zero-order valence-corrected chi connectivity index (χ0v) is 19.4. The first-order valence-electron chi connectivity index (χ1n) is 11.2. The second-order valence-corrected chi connectivity index (χ2v) is 8.75. The van der Waals surface area contributed by atoms with Crippen LogP contribution in [0.3, 0.4) is 0 Å². The van der Waals surface area contributed by atoms with Crippen molar-refractivity contribution in [1.82, 2.24) is 14.9 Å². The van der Waals surface area contributed by atoms with Crippen molar-refractivity contribution in [3.05, 3.63) is 95.1 Å². The molecule has 7 heteroatoms. The van der Waals surface area contributed by atoms with Crippen molar-refractivity contribution in [2.45, 2.75) is 33.4 Å². The summed E-state index contributed by atoms with van der Waals surface area (Å²) in [6.45, 7) is 6.73. The van der Waals surface area contributed by atoms with Crippen LogP contribution in [-0.2, 0) is 16.1 Å². The molecule has 0 spiro atoms. The van der Waals surface area contributed by atoms with Crippen molar-refractivity contribution in [3.63, 3.8) is 0 Å². The molecule has 0 bridgehead atoms. The minimum Gasteiger partial charge on any atom is -0.507 e. The van der Waals surface area contributed by atoms with Crippen LogP contribution in [-0.4, -0.2) is 38.3 Å². The topological polar surface area (TPSA) is 92.6 Å². The minimum atomic E-state index is -0.750. The van der Waals surface area contributed by atoms with Crippen LogP contribution >= 0.6 is 0 Å². The van der Waals surface area contributed by atoms with Gasteiger partial charge in [-0.2, -0.15) is 0 Å². The Morgan fingerprint density at radius 2 is 1.85 bits per heavy atom. The van der Waals surface area contributed by atoms with E-state index >= 15 is 0 Å². The molecule has 1 N–H and O–H groups in total. The number of amides is 1. The number of carbonyl (C=O) groups excluding carboxylic acids is 2. The van der Waals surface area contributed by atoms with E-state index in [-0.39, 0.29) is 17.9 Å². The van der Waals surface area contributed by atoms with Gasteiger partial charge in [-0.05, 0) is 65.9 Å². The molecule has 1 aromatic carbocycles. The van der Waals surface area contributed by atoms with Gasteiger partial charge in [-0.3, -0.25) is 19.6 Å². The van der Waals surface area contributed by atoms with Crippen LogP contribution in [0.4, 0.5) is 0 Å². The van der Waals surface area contributed by atoms with Crippen LogP contribution in [0.2, 0.25) is 0 Å². The number of likely N-dealkylation sites (tertiary alicyclic amines) is 1. The molecule has 34 heavy (non-hydrogen) atoms. The molecule has 1 aliphatic heterocycles. The van der Waals surface area contributed by atoms with Gasteiger partial charge >= 0.3 is 0 Å². The van der Waals surface area contributed by atoms with Crippen molar-refractivity contribution in [1.29, 1.82) is 0 Å². The molecule has 4 rings (SSSR count). The quantitative estimate of drug-likeness (QED) is 0.320. The monoisotopic (exact) mass is 457 g/mol. The lowest BCUT2D eigenvalue weighted by atomic mass is 9.94. The number of aliphatic hydroxyl groups excluding tert-OH is 1. The first-order valence-corrected chi connectivity index (χ1v) is 11.2. The average molecular weight is 458 g/mol. The number of hydrogen-bond donors (Lipinski definition) is 1. The van der Waals surface area contributed by atoms with E-state index in [0.717, 1.165) is 11.1 Å². The van der Waals surface area contributed by atoms with Crippen LogP contribution in [0.5, 0.6) is 5.75 Å². The maximum absolute atomic E-state index is 13.2. The highest BCUT2D eigenvalue weighted by Crippen LogP contribution is 2.40. The SMILES string of the molecule is Cc1cc(OCC(C)C)ccc1/C(O)=C1\C(=O)C(=O)N(Cc2cccnc2)[C@@H]1c1ccncc1. The summed E-state index contributed by atoms with van der Waals surface area (Å²) in [6, 6.07) is 11.7. The maximum atomic E-state index is 13.2. The molecule has 3 heterocycles. The molecule has 1 fully saturated rings. The van der Waals surface area contributed by atoms with Crippen LogP contribution in [0, 0.1) is 12.8 Å². The molecule has 1 saturated heterocycles. The van der Waals surface area contributed by atoms with E-state index in [9.17, 15) is 14.7 Å². The molecule has 1 amide bonds. The molecule has 0 unspecified atom stereocenters. The van der Waals surface area contributed by atoms with Gasteiger partial charge in [0.25, 0.3) is 11.7 Å². The van der Waals surface area contributed by atoms with Gasteiger partial charge in [0.2, 0.25) is 0 Å². The van der Waals surface area contributed by atoms with E-state index < -0.39 is 17.7 Å². The minimum absolute atomic E-state index is 0.0547. The van der Waals surface area contributed by atoms with Crippen LogP contribution in [0.1, 0.15) is 42.1 Å². The number of aryl methyl sites for hydroxylation is 1. The van der Waals surface area contributed by atoms with E-state index in [1.807, 2.05) is 19.1 Å². The van der Waals surface area contributed by atoms with Crippen LogP contribution < -0.4 is 4.74 Å². The summed E-state index contributed by atoms with van der Waals surface area (Å²) in [5, 5.41) is 11.3. The Labute approximate surface area is 198 Å². The third-order valence-electron chi connectivity index (χ3n) is 5.67. The van der Waals surface area contributed by atoms with Crippen molar-refractivity contribution in [3.8, 4) is 5.75 Å². The van der Waals surface area contributed by atoms with Gasteiger partial charge in [0, 0.05) is 36.9 Å². The molecule has 2 aromatic heterocycles. The summed E-state index contributed by atoms with van der Waals surface area (Å²) in [5.41, 5.74) is 2.75. The number of rotatable bonds is 7. The van der Waals surface area contributed by atoms with E-state index in [0.29, 0.717) is 29.4 Å². The molecular weight excluding hydrogens is 430 g/mol. The highest BCUT2D eigenvalue weighted by atomic mass is 16.5. The van der Waals surface area contributed by atoms with Gasteiger partial charge in [0.05, 0.1) is 18.2 Å². The second kappa shape index (κ2) is 9.87. The molecule has 0 aliphatic carbocycles. The largest absolute Gasteiger partial charge is 0.507 e. The van der Waals surface area contributed by atoms with E-state index in [4.69, 9.17) is 4.74 Å². The lowest BCUT2D eigenvalue weighted by molar-refractivity contribution is -0.140. The van der Waals surface area contributed by atoms with E-state index in [2.05, 4.69) is 23.8 Å². The van der Waals surface area contributed by atoms with E-state index in [1.165, 1.54) is 4.90 Å². The van der Waals surface area contributed by atoms with Crippen LogP contribution in [0.25, 0.3) is 5.76 Å². The summed E-state index contributed by atoms with van der Waals surface area (Å²) >= 11 is 0. The number of ether oxygens (including phenoxy) is 1. The van der Waals surface area contributed by atoms with Gasteiger partial charge < -0.3 is 14.7 Å². The number of hydrogen-bond acceptors (Lipinski definition) is 6. The van der Waals surface area contributed by atoms with Gasteiger partial charge in [-0.15, -0.1) is 0 Å². The number of benzene rings is 1. The number of ketones is 1. The lowest BCUT2D eigenvalue weighted by Crippen LogP contribution is -2.29. The van der Waals surface area contributed by atoms with Crippen molar-refractivity contribution in [2.24, 2.45) is 5.92 Å². The smallest absolute Gasteiger partial charge is 0.295 e. The first kappa shape index (κ1) is 23.2. The maximum Gasteiger partial charge on any atom is 0.295 e. The predicted molar refractivity (Wildman–Crippen MR) is 128 cm³/mol. The summed E-state index contributed by atoms with van der Waals surface area (Å²) in [5.74, 6) is -0.527. The Bertz CT molecular complexity index is 1220. The highest BCUT2D eigenvalue weighted by molar-refractivity contribution is 6.46. The third-order valence-corrected chi connectivity index (χ3v) is 5.67. The van der Waals surface area contributed by atoms with Gasteiger partial charge in [0.1, 0.15) is 11.5 Å². The van der Waals surface area contributed by atoms with Crippen molar-refractivity contribution in [2.75, 3.05) is 6.61 Å². The normalized spacial score (nSPS) is 17.4. The second-order valence-electron chi connectivity index (χ2n) is 8.75. The number of pyridine rings is 2. The zero-order valence-electron chi connectivity index (χ0n) is 19.4. The fraction of sp³-hybridized carbons (Fsp3) is 0.259. The molecule has 1 atom stereocenters. The zero-order chi connectivity index (χ0) is 24.2. The van der Waals surface area contributed by atoms with Crippen molar-refractivity contribution < 1.29 is 19.4 Å². The van der Waals surface area contributed by atoms with Crippen molar-refractivity contribution >= 4 is 17.4 Å². The first-order chi connectivity index (χ1) is 16.4. The molecule has 174 valence electrons. The van der Waals surface area contributed by atoms with Gasteiger partial charge in [-0.1, -0.05) is 19.9 Å². The van der Waals surface area contributed by atoms with Gasteiger partial charge in [-0.25, -0.2) is 0 Å². The summed E-state index contributed by atoms with van der Waals surface area (Å²) < 4.78 is 5.78. The Balaban J connectivity index is 1.78. The summed E-state index contributed by atoms with van der Waals surface area (Å²) in [7, 11) is 0. The Hall–Kier alpha value is -4.00. The van der Waals surface area contributed by atoms with Gasteiger partial charge in [0.15, 0.2) is 0 Å². The number of aromatic nitrogens is 2. The van der Waals surface area contributed by atoms with E-state index in [1.54, 1.807) is 55.1 Å². The number of carbonyl (C=O) groups is 2. The Morgan fingerprint density at radius 3 is 2.50 bits per heavy atom. The fourth-order valence-electron chi connectivity index (χ4n) is 4.02.